The van der Waals surface area contributed by atoms with E-state index in [-0.39, 0.29) is 31.2 Å². The molecule has 0 spiro atoms. The van der Waals surface area contributed by atoms with E-state index in [1.807, 2.05) is 6.92 Å². The fourth-order valence-corrected chi connectivity index (χ4v) is 5.32. The Bertz CT molecular complexity index is 769. The van der Waals surface area contributed by atoms with Crippen molar-refractivity contribution >= 4 is 23.8 Å². The number of hydrogen-bond donors (Lipinski definition) is 0. The molecule has 1 saturated heterocycles. The molecule has 1 aliphatic rings. The highest BCUT2D eigenvalue weighted by Gasteiger charge is 2.35. The third-order valence-corrected chi connectivity index (χ3v) is 7.74. The molecule has 3 atom stereocenters. The third kappa shape index (κ3) is 17.2. The van der Waals surface area contributed by atoms with Crippen LogP contribution in [0.3, 0.4) is 0 Å². The molecule has 1 amide bonds. The zero-order valence-corrected chi connectivity index (χ0v) is 26.2. The molecule has 8 heteroatoms. The van der Waals surface area contributed by atoms with Gasteiger partial charge in [-0.25, -0.2) is 0 Å². The van der Waals surface area contributed by atoms with E-state index in [4.69, 9.17) is 14.2 Å². The molecule has 1 aliphatic heterocycles. The lowest BCUT2D eigenvalue weighted by molar-refractivity contribution is -0.153. The van der Waals surface area contributed by atoms with E-state index >= 15 is 0 Å². The SMILES string of the molecule is C=CC(=O)N1C[C@H](OC(=O)CC(CC(=O)OCCCCCCCC)CC(=O)OCCCCCCCCC)C[C@H]1CC. The summed E-state index contributed by atoms with van der Waals surface area (Å²) in [5, 5.41) is 0. The van der Waals surface area contributed by atoms with Crippen LogP contribution < -0.4 is 0 Å². The van der Waals surface area contributed by atoms with Gasteiger partial charge in [-0.1, -0.05) is 98.0 Å². The Hall–Kier alpha value is -2.38. The van der Waals surface area contributed by atoms with Gasteiger partial charge in [-0.05, 0) is 31.3 Å². The van der Waals surface area contributed by atoms with Gasteiger partial charge in [-0.15, -0.1) is 0 Å². The van der Waals surface area contributed by atoms with Gasteiger partial charge < -0.3 is 19.1 Å². The molecule has 1 heterocycles. The number of amides is 1. The largest absolute Gasteiger partial charge is 0.466 e. The first-order valence-electron chi connectivity index (χ1n) is 16.3. The summed E-state index contributed by atoms with van der Waals surface area (Å²) in [6.07, 6.45) is 16.4. The summed E-state index contributed by atoms with van der Waals surface area (Å²) in [4.78, 5) is 51.8. The van der Waals surface area contributed by atoms with Crippen LogP contribution in [0.2, 0.25) is 0 Å². The second-order valence-corrected chi connectivity index (χ2v) is 11.4. The van der Waals surface area contributed by atoms with Crippen molar-refractivity contribution in [2.24, 2.45) is 5.92 Å². The lowest BCUT2D eigenvalue weighted by atomic mass is 9.97. The maximum absolute atomic E-state index is 12.9. The Kier molecular flexibility index (Phi) is 20.7. The Labute approximate surface area is 248 Å². The summed E-state index contributed by atoms with van der Waals surface area (Å²) in [6.45, 7) is 10.9. The molecule has 0 aromatic heterocycles. The fourth-order valence-electron chi connectivity index (χ4n) is 5.32. The van der Waals surface area contributed by atoms with Gasteiger partial charge in [0, 0.05) is 31.7 Å². The normalized spacial score (nSPS) is 17.2. The van der Waals surface area contributed by atoms with Crippen LogP contribution in [0.15, 0.2) is 12.7 Å². The zero-order chi connectivity index (χ0) is 30.3. The number of nitrogens with zero attached hydrogens (tertiary/aromatic N) is 1. The second kappa shape index (κ2) is 23.2. The fraction of sp³-hybridized carbons (Fsp3) is 0.818. The first kappa shape index (κ1) is 36.6. The zero-order valence-electron chi connectivity index (χ0n) is 26.2. The standard InChI is InChI=1S/C33H57NO7/c1-5-9-11-13-15-17-19-21-40-32(37)23-27(22-31(36)39-20-18-16-14-12-10-6-2)24-33(38)41-29-25-28(7-3)34(26-29)30(35)8-4/h8,27-29H,4-7,9-26H2,1-3H3/t27?,28-,29-/m1/s1. The van der Waals surface area contributed by atoms with Gasteiger partial charge >= 0.3 is 17.9 Å². The van der Waals surface area contributed by atoms with Gasteiger partial charge in [-0.3, -0.25) is 19.2 Å². The summed E-state index contributed by atoms with van der Waals surface area (Å²) in [7, 11) is 0. The molecule has 236 valence electrons. The third-order valence-electron chi connectivity index (χ3n) is 7.74. The van der Waals surface area contributed by atoms with E-state index in [1.54, 1.807) is 4.90 Å². The van der Waals surface area contributed by atoms with Crippen LogP contribution in [0, 0.1) is 5.92 Å². The van der Waals surface area contributed by atoms with Crippen LogP contribution in [-0.2, 0) is 33.4 Å². The molecule has 0 radical (unpaired) electrons. The van der Waals surface area contributed by atoms with Crippen LogP contribution in [0.4, 0.5) is 0 Å². The average molecular weight is 580 g/mol. The molecule has 1 rings (SSSR count). The van der Waals surface area contributed by atoms with Crippen molar-refractivity contribution in [3.63, 3.8) is 0 Å². The number of unbranched alkanes of at least 4 members (excludes halogenated alkanes) is 11. The van der Waals surface area contributed by atoms with Crippen LogP contribution in [0.1, 0.15) is 136 Å². The molecule has 0 aromatic carbocycles. The molecule has 0 aromatic rings. The second-order valence-electron chi connectivity index (χ2n) is 11.4. The highest BCUT2D eigenvalue weighted by Crippen LogP contribution is 2.25. The van der Waals surface area contributed by atoms with E-state index in [2.05, 4.69) is 20.4 Å². The van der Waals surface area contributed by atoms with Gasteiger partial charge in [0.2, 0.25) is 5.91 Å². The molecule has 0 bridgehead atoms. The highest BCUT2D eigenvalue weighted by molar-refractivity contribution is 5.87. The predicted molar refractivity (Wildman–Crippen MR) is 161 cm³/mol. The van der Waals surface area contributed by atoms with Crippen molar-refractivity contribution < 1.29 is 33.4 Å². The van der Waals surface area contributed by atoms with Crippen LogP contribution in [0.5, 0.6) is 0 Å². The number of carbonyl (C=O) groups is 4. The summed E-state index contributed by atoms with van der Waals surface area (Å²) in [5.41, 5.74) is 0. The van der Waals surface area contributed by atoms with Gasteiger partial charge in [0.1, 0.15) is 6.10 Å². The number of esters is 3. The summed E-state index contributed by atoms with van der Waals surface area (Å²) in [6, 6.07) is -0.00679. The molecule has 0 aliphatic carbocycles. The first-order valence-corrected chi connectivity index (χ1v) is 16.3. The summed E-state index contributed by atoms with van der Waals surface area (Å²) < 4.78 is 16.5. The molecule has 1 unspecified atom stereocenters. The van der Waals surface area contributed by atoms with E-state index in [9.17, 15) is 19.2 Å². The Morgan fingerprint density at radius 3 is 1.66 bits per heavy atom. The molecule has 0 N–H and O–H groups in total. The molecular weight excluding hydrogens is 522 g/mol. The Balaban J connectivity index is 2.56. The summed E-state index contributed by atoms with van der Waals surface area (Å²) in [5.74, 6) is -2.04. The number of carbonyl (C=O) groups excluding carboxylic acids is 4. The lowest BCUT2D eigenvalue weighted by Crippen LogP contribution is -2.34. The molecule has 0 saturated carbocycles. The Morgan fingerprint density at radius 1 is 0.732 bits per heavy atom. The minimum absolute atomic E-state index is 0.00679. The smallest absolute Gasteiger partial charge is 0.306 e. The maximum Gasteiger partial charge on any atom is 0.306 e. The van der Waals surface area contributed by atoms with E-state index in [1.165, 1.54) is 51.0 Å². The average Bonchev–Trinajstić information content (AvgIpc) is 3.36. The highest BCUT2D eigenvalue weighted by atomic mass is 16.5. The summed E-state index contributed by atoms with van der Waals surface area (Å²) >= 11 is 0. The molecule has 1 fully saturated rings. The Morgan fingerprint density at radius 2 is 1.20 bits per heavy atom. The van der Waals surface area contributed by atoms with Gasteiger partial charge in [0.15, 0.2) is 0 Å². The number of hydrogen-bond acceptors (Lipinski definition) is 7. The lowest BCUT2D eigenvalue weighted by Gasteiger charge is -2.21. The minimum Gasteiger partial charge on any atom is -0.466 e. The number of rotatable bonds is 24. The van der Waals surface area contributed by atoms with E-state index in [0.717, 1.165) is 44.9 Å². The minimum atomic E-state index is -0.560. The van der Waals surface area contributed by atoms with E-state index in [0.29, 0.717) is 26.2 Å². The van der Waals surface area contributed by atoms with Crippen LogP contribution in [-0.4, -0.2) is 60.6 Å². The van der Waals surface area contributed by atoms with E-state index < -0.39 is 29.9 Å². The van der Waals surface area contributed by atoms with Crippen LogP contribution in [0.25, 0.3) is 0 Å². The van der Waals surface area contributed by atoms with Crippen molar-refractivity contribution in [3.05, 3.63) is 12.7 Å². The maximum atomic E-state index is 12.9. The van der Waals surface area contributed by atoms with Crippen molar-refractivity contribution in [2.45, 2.75) is 148 Å². The van der Waals surface area contributed by atoms with Crippen molar-refractivity contribution in [1.82, 2.24) is 4.90 Å². The van der Waals surface area contributed by atoms with Crippen molar-refractivity contribution in [3.8, 4) is 0 Å². The quantitative estimate of drug-likeness (QED) is 0.0521. The van der Waals surface area contributed by atoms with Crippen molar-refractivity contribution in [1.29, 1.82) is 0 Å². The topological polar surface area (TPSA) is 99.2 Å². The molecular formula is C33H57NO7. The molecule has 8 nitrogen and oxygen atoms in total. The first-order chi connectivity index (χ1) is 19.8. The number of ether oxygens (including phenoxy) is 3. The van der Waals surface area contributed by atoms with Crippen LogP contribution >= 0.6 is 0 Å². The van der Waals surface area contributed by atoms with Gasteiger partial charge in [-0.2, -0.15) is 0 Å². The van der Waals surface area contributed by atoms with Gasteiger partial charge in [0.25, 0.3) is 0 Å². The van der Waals surface area contributed by atoms with Gasteiger partial charge in [0.05, 0.1) is 19.8 Å². The monoisotopic (exact) mass is 579 g/mol. The van der Waals surface area contributed by atoms with Crippen molar-refractivity contribution in [2.75, 3.05) is 19.8 Å². The number of likely N-dealkylation sites (tertiary alicyclic amines) is 1. The predicted octanol–water partition coefficient (Wildman–Crippen LogP) is 7.08. The molecule has 41 heavy (non-hydrogen) atoms.